The Kier molecular flexibility index (Phi) is 4.40. The van der Waals surface area contributed by atoms with Gasteiger partial charge >= 0.3 is 0 Å². The Hall–Kier alpha value is -0.290. The Balaban J connectivity index is 2.61. The molecular weight excluding hydrogens is 228 g/mol. The molecule has 0 unspecified atom stereocenters. The molecule has 1 saturated heterocycles. The summed E-state index contributed by atoms with van der Waals surface area (Å²) in [6.07, 6.45) is 4.39. The Bertz CT molecular complexity index is 260. The van der Waals surface area contributed by atoms with Gasteiger partial charge in [-0.2, -0.15) is 11.8 Å². The van der Waals surface area contributed by atoms with Gasteiger partial charge in [0.25, 0.3) is 0 Å². The highest BCUT2D eigenvalue weighted by Crippen LogP contribution is 2.34. The van der Waals surface area contributed by atoms with Crippen molar-refractivity contribution in [2.75, 3.05) is 19.3 Å². The maximum absolute atomic E-state index is 11.5. The third-order valence-corrected chi connectivity index (χ3v) is 5.00. The number of carbonyl (C=O) groups excluding carboxylic acids is 1. The van der Waals surface area contributed by atoms with Gasteiger partial charge in [0.15, 0.2) is 0 Å². The van der Waals surface area contributed by atoms with Crippen molar-refractivity contribution < 1.29 is 4.79 Å². The van der Waals surface area contributed by atoms with Crippen molar-refractivity contribution >= 4 is 34.9 Å². The molecule has 1 amide bonds. The summed E-state index contributed by atoms with van der Waals surface area (Å²) in [5, 5.41) is 0. The van der Waals surface area contributed by atoms with Gasteiger partial charge in [-0.3, -0.25) is 4.79 Å². The standard InChI is InChI=1S/C10H18N2OS2/c1-3-8(13)12-6-4-10(15-2,5-7-12)9(11)14/h3-7H2,1-2H3,(H2,11,14). The van der Waals surface area contributed by atoms with Gasteiger partial charge in [-0.25, -0.2) is 0 Å². The SMILES string of the molecule is CCC(=O)N1CCC(SC)(C(N)=S)CC1. The lowest BCUT2D eigenvalue weighted by atomic mass is 9.95. The summed E-state index contributed by atoms with van der Waals surface area (Å²) in [7, 11) is 0. The summed E-state index contributed by atoms with van der Waals surface area (Å²) in [5.41, 5.74) is 5.77. The summed E-state index contributed by atoms with van der Waals surface area (Å²) >= 11 is 6.83. The number of hydrogen-bond donors (Lipinski definition) is 1. The zero-order chi connectivity index (χ0) is 11.5. The normalized spacial score (nSPS) is 20.0. The number of thiocarbonyl (C=S) groups is 1. The van der Waals surface area contributed by atoms with Crippen LogP contribution in [0.25, 0.3) is 0 Å². The van der Waals surface area contributed by atoms with Crippen LogP contribution in [0.4, 0.5) is 0 Å². The second kappa shape index (κ2) is 5.16. The van der Waals surface area contributed by atoms with Crippen molar-refractivity contribution in [3.8, 4) is 0 Å². The third-order valence-electron chi connectivity index (χ3n) is 3.07. The van der Waals surface area contributed by atoms with E-state index in [1.54, 1.807) is 11.8 Å². The summed E-state index contributed by atoms with van der Waals surface area (Å²) in [4.78, 5) is 14.0. The molecule has 0 aliphatic carbocycles. The van der Waals surface area contributed by atoms with Crippen molar-refractivity contribution in [3.05, 3.63) is 0 Å². The lowest BCUT2D eigenvalue weighted by molar-refractivity contribution is -0.131. The number of piperidine rings is 1. The fourth-order valence-electron chi connectivity index (χ4n) is 1.89. The highest BCUT2D eigenvalue weighted by molar-refractivity contribution is 8.02. The van der Waals surface area contributed by atoms with Gasteiger partial charge in [-0.1, -0.05) is 19.1 Å². The Morgan fingerprint density at radius 1 is 1.53 bits per heavy atom. The first-order chi connectivity index (χ1) is 7.05. The molecule has 0 atom stereocenters. The van der Waals surface area contributed by atoms with Gasteiger partial charge in [-0.15, -0.1) is 0 Å². The molecule has 1 rings (SSSR count). The average molecular weight is 246 g/mol. The molecule has 1 aliphatic rings. The molecule has 3 nitrogen and oxygen atoms in total. The molecule has 15 heavy (non-hydrogen) atoms. The van der Waals surface area contributed by atoms with Gasteiger partial charge in [0, 0.05) is 19.5 Å². The van der Waals surface area contributed by atoms with Crippen LogP contribution in [0, 0.1) is 0 Å². The lowest BCUT2D eigenvalue weighted by Gasteiger charge is -2.40. The Labute approximate surface area is 101 Å². The van der Waals surface area contributed by atoms with Crippen LogP contribution in [0.15, 0.2) is 0 Å². The second-order valence-corrected chi connectivity index (χ2v) is 5.43. The molecule has 0 bridgehead atoms. The molecule has 0 aromatic heterocycles. The lowest BCUT2D eigenvalue weighted by Crippen LogP contribution is -2.50. The molecule has 86 valence electrons. The number of amides is 1. The molecule has 0 radical (unpaired) electrons. The van der Waals surface area contributed by atoms with Crippen LogP contribution in [0.5, 0.6) is 0 Å². The molecule has 0 spiro atoms. The fraction of sp³-hybridized carbons (Fsp3) is 0.800. The summed E-state index contributed by atoms with van der Waals surface area (Å²) in [6, 6.07) is 0. The first kappa shape index (κ1) is 12.8. The summed E-state index contributed by atoms with van der Waals surface area (Å²) in [6.45, 7) is 3.46. The number of thioether (sulfide) groups is 1. The van der Waals surface area contributed by atoms with E-state index >= 15 is 0 Å². The molecule has 0 aromatic carbocycles. The number of hydrogen-bond acceptors (Lipinski definition) is 3. The van der Waals surface area contributed by atoms with E-state index < -0.39 is 0 Å². The van der Waals surface area contributed by atoms with Crippen LogP contribution < -0.4 is 5.73 Å². The predicted octanol–water partition coefficient (Wildman–Crippen LogP) is 1.41. The summed E-state index contributed by atoms with van der Waals surface area (Å²) in [5.74, 6) is 0.229. The third kappa shape index (κ3) is 2.64. The fourth-order valence-corrected chi connectivity index (χ4v) is 3.14. The average Bonchev–Trinajstić information content (AvgIpc) is 2.28. The van der Waals surface area contributed by atoms with E-state index in [1.807, 2.05) is 18.1 Å². The van der Waals surface area contributed by atoms with Gasteiger partial charge in [0.2, 0.25) is 5.91 Å². The van der Waals surface area contributed by atoms with Crippen LogP contribution in [0.1, 0.15) is 26.2 Å². The molecule has 0 aromatic rings. The van der Waals surface area contributed by atoms with Crippen molar-refractivity contribution in [2.24, 2.45) is 5.73 Å². The highest BCUT2D eigenvalue weighted by atomic mass is 32.2. The van der Waals surface area contributed by atoms with Gasteiger partial charge < -0.3 is 10.6 Å². The second-order valence-electron chi connectivity index (χ2n) is 3.80. The first-order valence-corrected chi connectivity index (χ1v) is 6.82. The van der Waals surface area contributed by atoms with Crippen LogP contribution >= 0.6 is 24.0 Å². The molecule has 5 heteroatoms. The van der Waals surface area contributed by atoms with E-state index in [9.17, 15) is 4.79 Å². The van der Waals surface area contributed by atoms with Crippen LogP contribution in [0.2, 0.25) is 0 Å². The van der Waals surface area contributed by atoms with Gasteiger partial charge in [-0.05, 0) is 19.1 Å². The number of nitrogens with zero attached hydrogens (tertiary/aromatic N) is 1. The zero-order valence-electron chi connectivity index (χ0n) is 9.28. The molecule has 1 aliphatic heterocycles. The van der Waals surface area contributed by atoms with Gasteiger partial charge in [0.1, 0.15) is 0 Å². The minimum atomic E-state index is -0.0835. The zero-order valence-corrected chi connectivity index (χ0v) is 10.9. The van der Waals surface area contributed by atoms with Crippen molar-refractivity contribution in [3.63, 3.8) is 0 Å². The topological polar surface area (TPSA) is 46.3 Å². The predicted molar refractivity (Wildman–Crippen MR) is 69.1 cm³/mol. The maximum Gasteiger partial charge on any atom is 0.222 e. The van der Waals surface area contributed by atoms with E-state index in [1.165, 1.54) is 0 Å². The Morgan fingerprint density at radius 2 is 2.07 bits per heavy atom. The van der Waals surface area contributed by atoms with Gasteiger partial charge in [0.05, 0.1) is 9.74 Å². The van der Waals surface area contributed by atoms with Crippen molar-refractivity contribution in [2.45, 2.75) is 30.9 Å². The van der Waals surface area contributed by atoms with Crippen molar-refractivity contribution in [1.82, 2.24) is 4.90 Å². The summed E-state index contributed by atoms with van der Waals surface area (Å²) < 4.78 is -0.0835. The van der Waals surface area contributed by atoms with E-state index in [0.29, 0.717) is 11.4 Å². The molecular formula is C10H18N2OS2. The van der Waals surface area contributed by atoms with Crippen LogP contribution in [-0.4, -0.2) is 39.9 Å². The van der Waals surface area contributed by atoms with E-state index in [4.69, 9.17) is 18.0 Å². The van der Waals surface area contributed by atoms with Crippen LogP contribution in [0.3, 0.4) is 0 Å². The van der Waals surface area contributed by atoms with E-state index in [2.05, 4.69) is 0 Å². The van der Waals surface area contributed by atoms with E-state index in [0.717, 1.165) is 25.9 Å². The number of rotatable bonds is 3. The minimum absolute atomic E-state index is 0.0835. The number of nitrogens with two attached hydrogens (primary N) is 1. The maximum atomic E-state index is 11.5. The largest absolute Gasteiger partial charge is 0.392 e. The number of carbonyl (C=O) groups is 1. The molecule has 2 N–H and O–H groups in total. The first-order valence-electron chi connectivity index (χ1n) is 5.18. The minimum Gasteiger partial charge on any atom is -0.392 e. The monoisotopic (exact) mass is 246 g/mol. The quantitative estimate of drug-likeness (QED) is 0.765. The van der Waals surface area contributed by atoms with Crippen molar-refractivity contribution in [1.29, 1.82) is 0 Å². The Morgan fingerprint density at radius 3 is 2.40 bits per heavy atom. The molecule has 1 fully saturated rings. The van der Waals surface area contributed by atoms with E-state index in [-0.39, 0.29) is 10.7 Å². The molecule has 0 saturated carbocycles. The number of likely N-dealkylation sites (tertiary alicyclic amines) is 1. The molecule has 1 heterocycles. The highest BCUT2D eigenvalue weighted by Gasteiger charge is 2.37. The van der Waals surface area contributed by atoms with Crippen LogP contribution in [-0.2, 0) is 4.79 Å². The smallest absolute Gasteiger partial charge is 0.222 e.